The quantitative estimate of drug-likeness (QED) is 0.395. The molecule has 2 aromatic heterocycles. The Balaban J connectivity index is 1.53. The fraction of sp³-hybridized carbons (Fsp3) is 0.150. The number of amides is 4. The van der Waals surface area contributed by atoms with Crippen molar-refractivity contribution >= 4 is 45.8 Å². The van der Waals surface area contributed by atoms with Gasteiger partial charge in [0.1, 0.15) is 9.92 Å². The zero-order valence-electron chi connectivity index (χ0n) is 16.5. The number of carbonyl (C=O) groups is 3. The number of benzene rings is 1. The van der Waals surface area contributed by atoms with Gasteiger partial charge in [-0.2, -0.15) is 0 Å². The molecule has 0 spiro atoms. The third-order valence-corrected chi connectivity index (χ3v) is 5.97. The second-order valence-electron chi connectivity index (χ2n) is 6.89. The number of urea groups is 1. The SMILES string of the molecule is NC(=O)c1c(NC(=O)c2ccc([N+](=O)[O-])o2)sc2c1CCN(C(=O)Nc1ccccc1)C2. The molecule has 0 bridgehead atoms. The lowest BCUT2D eigenvalue weighted by Crippen LogP contribution is -2.38. The Morgan fingerprint density at radius 1 is 1.12 bits per heavy atom. The molecular formula is C20H17N5O6S. The van der Waals surface area contributed by atoms with Crippen molar-refractivity contribution in [3.8, 4) is 0 Å². The van der Waals surface area contributed by atoms with Crippen LogP contribution in [0.3, 0.4) is 0 Å². The Morgan fingerprint density at radius 3 is 2.53 bits per heavy atom. The minimum Gasteiger partial charge on any atom is -0.395 e. The highest BCUT2D eigenvalue weighted by atomic mass is 32.1. The molecule has 4 N–H and O–H groups in total. The van der Waals surface area contributed by atoms with E-state index in [0.29, 0.717) is 29.1 Å². The molecule has 0 fully saturated rings. The van der Waals surface area contributed by atoms with Gasteiger partial charge in [-0.25, -0.2) is 4.79 Å². The Morgan fingerprint density at radius 2 is 1.88 bits per heavy atom. The predicted octanol–water partition coefficient (Wildman–Crippen LogP) is 3.19. The van der Waals surface area contributed by atoms with Crippen molar-refractivity contribution in [2.45, 2.75) is 13.0 Å². The summed E-state index contributed by atoms with van der Waals surface area (Å²) in [6.45, 7) is 0.599. The molecule has 0 aliphatic carbocycles. The van der Waals surface area contributed by atoms with E-state index in [-0.39, 0.29) is 28.9 Å². The molecule has 1 aromatic carbocycles. The predicted molar refractivity (Wildman–Crippen MR) is 116 cm³/mol. The van der Waals surface area contributed by atoms with Gasteiger partial charge in [-0.15, -0.1) is 11.3 Å². The van der Waals surface area contributed by atoms with Crippen LogP contribution in [0.5, 0.6) is 0 Å². The number of thiophene rings is 1. The molecule has 1 aliphatic rings. The molecule has 32 heavy (non-hydrogen) atoms. The highest BCUT2D eigenvalue weighted by molar-refractivity contribution is 7.17. The van der Waals surface area contributed by atoms with Crippen LogP contribution in [0.15, 0.2) is 46.9 Å². The fourth-order valence-electron chi connectivity index (χ4n) is 3.36. The molecule has 0 saturated heterocycles. The topological polar surface area (TPSA) is 161 Å². The van der Waals surface area contributed by atoms with Gasteiger partial charge >= 0.3 is 11.9 Å². The molecular weight excluding hydrogens is 438 g/mol. The first kappa shape index (κ1) is 21.1. The summed E-state index contributed by atoms with van der Waals surface area (Å²) in [6.07, 6.45) is 0.383. The summed E-state index contributed by atoms with van der Waals surface area (Å²) in [4.78, 5) is 49.5. The smallest absolute Gasteiger partial charge is 0.395 e. The number of para-hydroxylation sites is 1. The summed E-state index contributed by atoms with van der Waals surface area (Å²) in [7, 11) is 0. The lowest BCUT2D eigenvalue weighted by Gasteiger charge is -2.27. The summed E-state index contributed by atoms with van der Waals surface area (Å²) in [6, 6.07) is 11.0. The van der Waals surface area contributed by atoms with Gasteiger partial charge in [-0.1, -0.05) is 18.2 Å². The van der Waals surface area contributed by atoms with Crippen LogP contribution in [-0.2, 0) is 13.0 Å². The van der Waals surface area contributed by atoms with Crippen LogP contribution in [0.25, 0.3) is 0 Å². The molecule has 4 rings (SSSR count). The normalized spacial score (nSPS) is 12.7. The lowest BCUT2D eigenvalue weighted by atomic mass is 10.0. The van der Waals surface area contributed by atoms with Crippen LogP contribution in [0, 0.1) is 10.1 Å². The van der Waals surface area contributed by atoms with Crippen molar-refractivity contribution in [1.29, 1.82) is 0 Å². The molecule has 0 radical (unpaired) electrons. The van der Waals surface area contributed by atoms with Crippen LogP contribution < -0.4 is 16.4 Å². The van der Waals surface area contributed by atoms with Gasteiger partial charge in [0, 0.05) is 17.1 Å². The maximum atomic E-state index is 12.6. The van der Waals surface area contributed by atoms with E-state index < -0.39 is 22.6 Å². The van der Waals surface area contributed by atoms with Crippen LogP contribution in [0.2, 0.25) is 0 Å². The Labute approximate surface area is 185 Å². The first-order chi connectivity index (χ1) is 15.3. The monoisotopic (exact) mass is 455 g/mol. The van der Waals surface area contributed by atoms with Gasteiger partial charge in [-0.05, 0) is 30.2 Å². The van der Waals surface area contributed by atoms with Crippen LogP contribution >= 0.6 is 11.3 Å². The van der Waals surface area contributed by atoms with Crippen molar-refractivity contribution in [1.82, 2.24) is 4.90 Å². The maximum absolute atomic E-state index is 12.6. The molecule has 164 valence electrons. The largest absolute Gasteiger partial charge is 0.433 e. The number of nitrogens with zero attached hydrogens (tertiary/aromatic N) is 2. The van der Waals surface area contributed by atoms with E-state index in [9.17, 15) is 24.5 Å². The Hall–Kier alpha value is -4.19. The summed E-state index contributed by atoms with van der Waals surface area (Å²) in [5.41, 5.74) is 7.05. The minimum absolute atomic E-state index is 0.169. The van der Waals surface area contributed by atoms with E-state index in [2.05, 4.69) is 10.6 Å². The molecule has 0 unspecified atom stereocenters. The van der Waals surface area contributed by atoms with Gasteiger partial charge in [0.25, 0.3) is 11.8 Å². The van der Waals surface area contributed by atoms with E-state index >= 15 is 0 Å². The van der Waals surface area contributed by atoms with Gasteiger partial charge in [0.15, 0.2) is 5.76 Å². The van der Waals surface area contributed by atoms with Crippen LogP contribution in [0.1, 0.15) is 31.4 Å². The molecule has 12 heteroatoms. The number of hydrogen-bond donors (Lipinski definition) is 3. The number of anilines is 2. The molecule has 3 aromatic rings. The van der Waals surface area contributed by atoms with E-state index in [1.807, 2.05) is 18.2 Å². The van der Waals surface area contributed by atoms with Crippen molar-refractivity contribution in [3.05, 3.63) is 74.3 Å². The molecule has 4 amide bonds. The molecule has 0 saturated carbocycles. The van der Waals surface area contributed by atoms with E-state index in [0.717, 1.165) is 17.4 Å². The number of fused-ring (bicyclic) bond motifs is 1. The molecule has 0 atom stereocenters. The number of furan rings is 1. The summed E-state index contributed by atoms with van der Waals surface area (Å²) in [5, 5.41) is 16.3. The van der Waals surface area contributed by atoms with Crippen molar-refractivity contribution < 1.29 is 23.7 Å². The van der Waals surface area contributed by atoms with Crippen molar-refractivity contribution in [3.63, 3.8) is 0 Å². The minimum atomic E-state index is -0.759. The van der Waals surface area contributed by atoms with Gasteiger partial charge in [-0.3, -0.25) is 19.7 Å². The second-order valence-corrected chi connectivity index (χ2v) is 7.99. The number of nitrogens with two attached hydrogens (primary N) is 1. The number of nitrogens with one attached hydrogen (secondary N) is 2. The van der Waals surface area contributed by atoms with E-state index in [4.69, 9.17) is 10.2 Å². The molecule has 3 heterocycles. The Bertz CT molecular complexity index is 1220. The first-order valence-electron chi connectivity index (χ1n) is 9.44. The number of hydrogen-bond acceptors (Lipinski definition) is 7. The van der Waals surface area contributed by atoms with Crippen LogP contribution in [-0.4, -0.2) is 34.2 Å². The van der Waals surface area contributed by atoms with Gasteiger partial charge in [0.2, 0.25) is 0 Å². The summed E-state index contributed by atoms with van der Waals surface area (Å²) >= 11 is 1.12. The zero-order valence-corrected chi connectivity index (χ0v) is 17.3. The highest BCUT2D eigenvalue weighted by Crippen LogP contribution is 2.37. The third kappa shape index (κ3) is 4.16. The van der Waals surface area contributed by atoms with Crippen molar-refractivity contribution in [2.24, 2.45) is 5.73 Å². The number of primary amides is 1. The zero-order chi connectivity index (χ0) is 22.8. The molecule has 1 aliphatic heterocycles. The first-order valence-corrected chi connectivity index (χ1v) is 10.3. The summed E-state index contributed by atoms with van der Waals surface area (Å²) in [5.74, 6) is -2.32. The van der Waals surface area contributed by atoms with E-state index in [1.165, 1.54) is 6.07 Å². The number of nitro groups is 1. The van der Waals surface area contributed by atoms with Gasteiger partial charge < -0.3 is 25.7 Å². The number of carbonyl (C=O) groups excluding carboxylic acids is 3. The Kier molecular flexibility index (Phi) is 5.60. The maximum Gasteiger partial charge on any atom is 0.433 e. The van der Waals surface area contributed by atoms with Gasteiger partial charge in [0.05, 0.1) is 18.2 Å². The van der Waals surface area contributed by atoms with Crippen LogP contribution in [0.4, 0.5) is 21.4 Å². The second kappa shape index (κ2) is 8.51. The van der Waals surface area contributed by atoms with Crippen molar-refractivity contribution in [2.75, 3.05) is 17.2 Å². The van der Waals surface area contributed by atoms with E-state index in [1.54, 1.807) is 17.0 Å². The third-order valence-electron chi connectivity index (χ3n) is 4.84. The lowest BCUT2D eigenvalue weighted by molar-refractivity contribution is -0.402. The highest BCUT2D eigenvalue weighted by Gasteiger charge is 2.30. The number of rotatable bonds is 5. The average molecular weight is 455 g/mol. The fourth-order valence-corrected chi connectivity index (χ4v) is 4.63. The summed E-state index contributed by atoms with van der Waals surface area (Å²) < 4.78 is 4.90. The average Bonchev–Trinajstić information content (AvgIpc) is 3.39. The molecule has 11 nitrogen and oxygen atoms in total. The standard InChI is InChI=1S/C20H17N5O6S/c21-17(26)16-12-8-9-24(20(28)22-11-4-2-1-3-5-11)10-14(12)32-19(16)23-18(27)13-6-7-15(31-13)25(29)30/h1-7H,8-10H2,(H2,21,26)(H,22,28)(H,23,27).